The van der Waals surface area contributed by atoms with Gasteiger partial charge in [-0.25, -0.2) is 4.79 Å². The summed E-state index contributed by atoms with van der Waals surface area (Å²) in [6.45, 7) is 5.47. The third-order valence-electron chi connectivity index (χ3n) is 4.33. The van der Waals surface area contributed by atoms with Crippen LogP contribution in [0, 0.1) is 6.92 Å². The van der Waals surface area contributed by atoms with Gasteiger partial charge in [0.25, 0.3) is 0 Å². The Bertz CT molecular complexity index is 690. The zero-order valence-corrected chi connectivity index (χ0v) is 13.1. The lowest BCUT2D eigenvalue weighted by molar-refractivity contribution is 0.0719. The number of likely N-dealkylation sites (tertiary alicyclic amines) is 1. The van der Waals surface area contributed by atoms with Crippen molar-refractivity contribution in [1.82, 2.24) is 15.2 Å². The third kappa shape index (κ3) is 3.09. The van der Waals surface area contributed by atoms with Gasteiger partial charge in [-0.1, -0.05) is 12.1 Å². The first-order valence-corrected chi connectivity index (χ1v) is 7.76. The summed E-state index contributed by atoms with van der Waals surface area (Å²) in [5.41, 5.74) is 2.84. The molecule has 0 saturated carbocycles. The molecule has 0 bridgehead atoms. The molecule has 2 amide bonds. The molecule has 2 aromatic rings. The molecule has 1 aromatic carbocycles. The minimum atomic E-state index is -0.744. The number of nitrogens with one attached hydrogen (secondary N) is 2. The highest BCUT2D eigenvalue weighted by atomic mass is 16.3. The molecule has 3 rings (SSSR count). The summed E-state index contributed by atoms with van der Waals surface area (Å²) in [5, 5.41) is 14.1. The molecule has 1 atom stereocenters. The molecule has 0 spiro atoms. The summed E-state index contributed by atoms with van der Waals surface area (Å²) in [6.07, 6.45) is 3.44. The van der Waals surface area contributed by atoms with E-state index in [4.69, 9.17) is 0 Å². The van der Waals surface area contributed by atoms with Gasteiger partial charge in [-0.15, -0.1) is 0 Å². The fourth-order valence-electron chi connectivity index (χ4n) is 3.04. The van der Waals surface area contributed by atoms with E-state index in [1.54, 1.807) is 11.8 Å². The van der Waals surface area contributed by atoms with Crippen molar-refractivity contribution in [2.45, 2.75) is 32.3 Å². The first kappa shape index (κ1) is 14.9. The zero-order valence-electron chi connectivity index (χ0n) is 13.1. The van der Waals surface area contributed by atoms with Crippen molar-refractivity contribution in [3.8, 4) is 0 Å². The number of aliphatic hydroxyl groups is 1. The van der Waals surface area contributed by atoms with Crippen LogP contribution in [0.2, 0.25) is 0 Å². The molecule has 1 saturated heterocycles. The van der Waals surface area contributed by atoms with Crippen LogP contribution < -0.4 is 5.32 Å². The Hall–Kier alpha value is -2.01. The van der Waals surface area contributed by atoms with Crippen LogP contribution in [0.25, 0.3) is 10.9 Å². The number of nitrogens with zero attached hydrogens (tertiary/aromatic N) is 1. The van der Waals surface area contributed by atoms with E-state index in [-0.39, 0.29) is 6.03 Å². The standard InChI is InChI=1S/C17H23N3O2/c1-12-3-4-14-13(10-19-15(14)9-12)5-7-18-16(21)20-8-6-17(2,22)11-20/h3-4,9-10,19,22H,5-8,11H2,1-2H3,(H,18,21). The molecule has 1 aliphatic rings. The van der Waals surface area contributed by atoms with E-state index in [1.165, 1.54) is 16.5 Å². The van der Waals surface area contributed by atoms with Crippen molar-refractivity contribution >= 4 is 16.9 Å². The monoisotopic (exact) mass is 301 g/mol. The first-order valence-electron chi connectivity index (χ1n) is 7.76. The average Bonchev–Trinajstić information content (AvgIpc) is 3.02. The lowest BCUT2D eigenvalue weighted by Crippen LogP contribution is -2.41. The van der Waals surface area contributed by atoms with E-state index in [0.717, 1.165) is 11.9 Å². The van der Waals surface area contributed by atoms with Gasteiger partial charge in [0.05, 0.1) is 12.1 Å². The quantitative estimate of drug-likeness (QED) is 0.813. The largest absolute Gasteiger partial charge is 0.388 e. The highest BCUT2D eigenvalue weighted by molar-refractivity contribution is 5.84. The number of aromatic amines is 1. The second kappa shape index (κ2) is 5.65. The van der Waals surface area contributed by atoms with Crippen molar-refractivity contribution in [3.05, 3.63) is 35.5 Å². The normalized spacial score (nSPS) is 21.5. The SMILES string of the molecule is Cc1ccc2c(CCNC(=O)N3CCC(C)(O)C3)c[nH]c2c1. The Labute approximate surface area is 130 Å². The molecular formula is C17H23N3O2. The first-order chi connectivity index (χ1) is 10.4. The van der Waals surface area contributed by atoms with Gasteiger partial charge in [0.15, 0.2) is 0 Å². The molecule has 1 unspecified atom stereocenters. The fourth-order valence-corrected chi connectivity index (χ4v) is 3.04. The van der Waals surface area contributed by atoms with E-state index in [2.05, 4.69) is 35.4 Å². The maximum absolute atomic E-state index is 12.1. The summed E-state index contributed by atoms with van der Waals surface area (Å²) in [7, 11) is 0. The van der Waals surface area contributed by atoms with E-state index in [9.17, 15) is 9.90 Å². The summed E-state index contributed by atoms with van der Waals surface area (Å²) >= 11 is 0. The van der Waals surface area contributed by atoms with Crippen LogP contribution in [0.5, 0.6) is 0 Å². The lowest BCUT2D eigenvalue weighted by atomic mass is 10.1. The third-order valence-corrected chi connectivity index (χ3v) is 4.33. The van der Waals surface area contributed by atoms with E-state index < -0.39 is 5.60 Å². The Balaban J connectivity index is 1.55. The number of urea groups is 1. The number of H-pyrrole nitrogens is 1. The van der Waals surface area contributed by atoms with Gasteiger partial charge < -0.3 is 20.3 Å². The Kier molecular flexibility index (Phi) is 3.83. The summed E-state index contributed by atoms with van der Waals surface area (Å²) in [5.74, 6) is 0. The van der Waals surface area contributed by atoms with E-state index in [0.29, 0.717) is 26.1 Å². The van der Waals surface area contributed by atoms with Gasteiger partial charge in [0.1, 0.15) is 0 Å². The molecule has 118 valence electrons. The second-order valence-corrected chi connectivity index (χ2v) is 6.51. The Morgan fingerprint density at radius 2 is 2.32 bits per heavy atom. The minimum absolute atomic E-state index is 0.0894. The molecule has 5 nitrogen and oxygen atoms in total. The summed E-state index contributed by atoms with van der Waals surface area (Å²) in [4.78, 5) is 17.0. The molecular weight excluding hydrogens is 278 g/mol. The number of rotatable bonds is 3. The number of hydrogen-bond donors (Lipinski definition) is 3. The molecule has 0 aliphatic carbocycles. The topological polar surface area (TPSA) is 68.4 Å². The number of aryl methyl sites for hydroxylation is 1. The van der Waals surface area contributed by atoms with Crippen molar-refractivity contribution in [1.29, 1.82) is 0 Å². The number of amides is 2. The Morgan fingerprint density at radius 1 is 1.50 bits per heavy atom. The van der Waals surface area contributed by atoms with Crippen LogP contribution in [0.4, 0.5) is 4.79 Å². The zero-order chi connectivity index (χ0) is 15.7. The number of β-amino-alcohol motifs (C(OH)–C–C–N with tert-alkyl or cyclic N) is 1. The molecule has 3 N–H and O–H groups in total. The molecule has 1 aliphatic heterocycles. The number of aromatic nitrogens is 1. The van der Waals surface area contributed by atoms with Gasteiger partial charge in [-0.2, -0.15) is 0 Å². The van der Waals surface area contributed by atoms with Crippen LogP contribution in [0.3, 0.4) is 0 Å². The number of carbonyl (C=O) groups is 1. The van der Waals surface area contributed by atoms with Gasteiger partial charge in [0.2, 0.25) is 0 Å². The molecule has 1 aromatic heterocycles. The highest BCUT2D eigenvalue weighted by Gasteiger charge is 2.33. The Morgan fingerprint density at radius 3 is 3.05 bits per heavy atom. The predicted molar refractivity (Wildman–Crippen MR) is 87.0 cm³/mol. The van der Waals surface area contributed by atoms with Crippen LogP contribution >= 0.6 is 0 Å². The smallest absolute Gasteiger partial charge is 0.317 e. The fraction of sp³-hybridized carbons (Fsp3) is 0.471. The van der Waals surface area contributed by atoms with Crippen molar-refractivity contribution in [3.63, 3.8) is 0 Å². The van der Waals surface area contributed by atoms with Gasteiger partial charge >= 0.3 is 6.03 Å². The molecule has 5 heteroatoms. The summed E-state index contributed by atoms with van der Waals surface area (Å²) < 4.78 is 0. The minimum Gasteiger partial charge on any atom is -0.388 e. The molecule has 0 radical (unpaired) electrons. The number of hydrogen-bond acceptors (Lipinski definition) is 2. The number of carbonyl (C=O) groups excluding carboxylic acids is 1. The van der Waals surface area contributed by atoms with Crippen LogP contribution in [0.1, 0.15) is 24.5 Å². The van der Waals surface area contributed by atoms with Gasteiger partial charge in [-0.05, 0) is 43.9 Å². The average molecular weight is 301 g/mol. The highest BCUT2D eigenvalue weighted by Crippen LogP contribution is 2.21. The van der Waals surface area contributed by atoms with Crippen LogP contribution in [0.15, 0.2) is 24.4 Å². The summed E-state index contributed by atoms with van der Waals surface area (Å²) in [6, 6.07) is 6.26. The van der Waals surface area contributed by atoms with Crippen LogP contribution in [-0.2, 0) is 6.42 Å². The maximum atomic E-state index is 12.1. The molecule has 22 heavy (non-hydrogen) atoms. The molecule has 2 heterocycles. The predicted octanol–water partition coefficient (Wildman–Crippen LogP) is 2.19. The van der Waals surface area contributed by atoms with Crippen molar-refractivity contribution < 1.29 is 9.90 Å². The van der Waals surface area contributed by atoms with Crippen molar-refractivity contribution in [2.24, 2.45) is 0 Å². The second-order valence-electron chi connectivity index (χ2n) is 6.51. The van der Waals surface area contributed by atoms with E-state index >= 15 is 0 Å². The van der Waals surface area contributed by atoms with Crippen LogP contribution in [-0.4, -0.2) is 46.3 Å². The van der Waals surface area contributed by atoms with Crippen molar-refractivity contribution in [2.75, 3.05) is 19.6 Å². The van der Waals surface area contributed by atoms with Gasteiger partial charge in [0, 0.05) is 30.2 Å². The van der Waals surface area contributed by atoms with E-state index in [1.807, 2.05) is 6.20 Å². The number of fused-ring (bicyclic) bond motifs is 1. The lowest BCUT2D eigenvalue weighted by Gasteiger charge is -2.19. The van der Waals surface area contributed by atoms with Gasteiger partial charge in [-0.3, -0.25) is 0 Å². The maximum Gasteiger partial charge on any atom is 0.317 e. The number of benzene rings is 1. The molecule has 1 fully saturated rings.